The second kappa shape index (κ2) is 13.6. The first-order valence-electron chi connectivity index (χ1n) is 24.1. The summed E-state index contributed by atoms with van der Waals surface area (Å²) in [5.74, 6) is 0. The van der Waals surface area contributed by atoms with Gasteiger partial charge < -0.3 is 13.8 Å². The highest BCUT2D eigenvalue weighted by Crippen LogP contribution is 2.55. The van der Waals surface area contributed by atoms with Gasteiger partial charge in [-0.2, -0.15) is 0 Å². The summed E-state index contributed by atoms with van der Waals surface area (Å²) < 4.78 is 15.1. The van der Waals surface area contributed by atoms with Crippen molar-refractivity contribution in [2.45, 2.75) is 78.6 Å². The van der Waals surface area contributed by atoms with E-state index < -0.39 is 0 Å². The van der Waals surface area contributed by atoms with E-state index in [2.05, 4.69) is 217 Å². The summed E-state index contributed by atoms with van der Waals surface area (Å²) in [6.45, 7) is 20.7. The predicted octanol–water partition coefficient (Wildman–Crippen LogP) is 17.1. The van der Waals surface area contributed by atoms with Crippen LogP contribution in [-0.2, 0) is 16.2 Å². The lowest BCUT2D eigenvalue weighted by Gasteiger charge is -2.41. The van der Waals surface area contributed by atoms with Crippen molar-refractivity contribution in [3.8, 4) is 27.9 Å². The number of aromatic nitrogens is 1. The molecule has 0 radical (unpaired) electrons. The third-order valence-corrected chi connectivity index (χ3v) is 17.6. The summed E-state index contributed by atoms with van der Waals surface area (Å²) in [6.07, 6.45) is 0. The van der Waals surface area contributed by atoms with E-state index in [-0.39, 0.29) is 23.1 Å². The second-order valence-electron chi connectivity index (χ2n) is 22.5. The van der Waals surface area contributed by atoms with Gasteiger partial charge in [0, 0.05) is 79.6 Å². The smallest absolute Gasteiger partial charge is 0.343 e. The summed E-state index contributed by atoms with van der Waals surface area (Å²) in [5, 5.41) is 8.99. The fraction of sp³-hybridized carbons (Fsp3) is 0.194. The minimum absolute atomic E-state index is 0.00324. The molecule has 0 saturated heterocycles. The van der Waals surface area contributed by atoms with Gasteiger partial charge in [-0.1, -0.05) is 147 Å². The molecule has 0 N–H and O–H groups in total. The van der Waals surface area contributed by atoms with E-state index in [0.29, 0.717) is 0 Å². The predicted molar refractivity (Wildman–Crippen MR) is 297 cm³/mol. The molecule has 6 heterocycles. The molecule has 2 aliphatic heterocycles. The average molecular weight is 915 g/mol. The van der Waals surface area contributed by atoms with Crippen LogP contribution >= 0.6 is 22.7 Å². The van der Waals surface area contributed by atoms with Crippen molar-refractivity contribution in [2.75, 3.05) is 4.81 Å². The van der Waals surface area contributed by atoms with Gasteiger partial charge in [-0.05, 0) is 110 Å². The topological polar surface area (TPSA) is 21.3 Å². The minimum atomic E-state index is -0.121. The fourth-order valence-corrected chi connectivity index (χ4v) is 14.2. The third kappa shape index (κ3) is 5.53. The van der Waals surface area contributed by atoms with Crippen LogP contribution in [0.5, 0.6) is 0 Å². The van der Waals surface area contributed by atoms with Gasteiger partial charge in [-0.3, -0.25) is 0 Å². The van der Waals surface area contributed by atoms with Crippen LogP contribution in [0.1, 0.15) is 79.0 Å². The van der Waals surface area contributed by atoms with E-state index >= 15 is 0 Å². The molecule has 3 nitrogen and oxygen atoms in total. The molecule has 0 fully saturated rings. The lowest BCUT2D eigenvalue weighted by Crippen LogP contribution is -2.59. The molecule has 0 amide bonds. The Morgan fingerprint density at radius 1 is 0.500 bits per heavy atom. The number of fused-ring (bicyclic) bond motifs is 18. The van der Waals surface area contributed by atoms with Crippen LogP contribution in [0, 0.1) is 0 Å². The molecule has 0 atom stereocenters. The largest absolute Gasteiger partial charge is 0.456 e. The zero-order chi connectivity index (χ0) is 46.3. The Kier molecular flexibility index (Phi) is 8.07. The molecule has 330 valence electrons. The number of hydrogen-bond donors (Lipinski definition) is 0. The minimum Gasteiger partial charge on any atom is -0.456 e. The number of nitrogens with zero attached hydrogens (tertiary/aromatic N) is 2. The monoisotopic (exact) mass is 914 g/mol. The summed E-state index contributed by atoms with van der Waals surface area (Å²) >= 11 is 3.93. The van der Waals surface area contributed by atoms with E-state index in [4.69, 9.17) is 4.42 Å². The molecular formula is C62H51BN2OS2. The van der Waals surface area contributed by atoms with Gasteiger partial charge in [0.05, 0.1) is 16.7 Å². The molecule has 0 unspecified atom stereocenters. The molecule has 4 aromatic heterocycles. The van der Waals surface area contributed by atoms with Crippen LogP contribution < -0.4 is 15.1 Å². The fourth-order valence-electron chi connectivity index (χ4n) is 11.7. The zero-order valence-corrected chi connectivity index (χ0v) is 41.7. The Morgan fingerprint density at radius 3 is 1.94 bits per heavy atom. The van der Waals surface area contributed by atoms with E-state index in [1.54, 1.807) is 0 Å². The van der Waals surface area contributed by atoms with E-state index in [1.165, 1.54) is 118 Å². The van der Waals surface area contributed by atoms with Crippen molar-refractivity contribution >= 4 is 125 Å². The van der Waals surface area contributed by atoms with Crippen molar-refractivity contribution in [1.29, 1.82) is 0 Å². The van der Waals surface area contributed by atoms with Gasteiger partial charge in [-0.15, -0.1) is 22.7 Å². The van der Waals surface area contributed by atoms with Gasteiger partial charge in [-0.25, -0.2) is 0 Å². The average Bonchev–Trinajstić information content (AvgIpc) is 4.08. The van der Waals surface area contributed by atoms with Gasteiger partial charge in [0.2, 0.25) is 0 Å². The summed E-state index contributed by atoms with van der Waals surface area (Å²) in [5.41, 5.74) is 18.5. The lowest BCUT2D eigenvalue weighted by atomic mass is 9.47. The van der Waals surface area contributed by atoms with Crippen LogP contribution in [0.4, 0.5) is 11.4 Å². The normalized spacial score (nSPS) is 13.9. The SMILES string of the molecule is CC(C)(C)c1ccc(N2B3c4sc5ccc(-c6ccccc6)cc5c4-n4c5ccc(C(C)(C)C)cc5c5c6sc7ccccc7c6c(c3c54)-c3cc4c(cc32)oc2cc(C(C)(C)C)ccc24)cc1. The first-order valence-corrected chi connectivity index (χ1v) is 25.7. The number of furan rings is 1. The van der Waals surface area contributed by atoms with Gasteiger partial charge in [0.1, 0.15) is 11.2 Å². The molecule has 0 saturated carbocycles. The van der Waals surface area contributed by atoms with Crippen molar-refractivity contribution in [2.24, 2.45) is 0 Å². The number of hydrogen-bond acceptors (Lipinski definition) is 4. The number of rotatable bonds is 2. The number of benzene rings is 8. The highest BCUT2D eigenvalue weighted by Gasteiger charge is 2.47. The maximum atomic E-state index is 7.01. The highest BCUT2D eigenvalue weighted by atomic mass is 32.1. The molecule has 12 aromatic rings. The van der Waals surface area contributed by atoms with Crippen molar-refractivity contribution in [1.82, 2.24) is 4.57 Å². The Bertz CT molecular complexity index is 4140. The third-order valence-electron chi connectivity index (χ3n) is 15.2. The molecule has 68 heavy (non-hydrogen) atoms. The molecule has 8 aromatic carbocycles. The summed E-state index contributed by atoms with van der Waals surface area (Å²) in [4.78, 5) is 2.69. The van der Waals surface area contributed by atoms with Crippen LogP contribution in [0.2, 0.25) is 0 Å². The first kappa shape index (κ1) is 40.5. The number of anilines is 2. The summed E-state index contributed by atoms with van der Waals surface area (Å²) in [6, 6.07) is 55.7. The molecule has 2 aliphatic rings. The molecular weight excluding hydrogens is 864 g/mol. The quantitative estimate of drug-likeness (QED) is 0.161. The van der Waals surface area contributed by atoms with Crippen molar-refractivity contribution in [3.05, 3.63) is 162 Å². The van der Waals surface area contributed by atoms with Crippen LogP contribution in [0.15, 0.2) is 150 Å². The maximum absolute atomic E-state index is 7.01. The molecule has 0 spiro atoms. The standard InChI is InChI=1S/C62H51BN2OS2/c1-60(2,3)36-20-24-39(25-21-36)65-47-33-49-42(40-26-22-38(62(7,8)9)31-48(40)66-49)32-44(47)52-53-41-17-13-14-18-50(41)67-58(53)54-43-30-37(61(4,5)6)23-27-46(43)64-56-45-29-35(34-15-11-10-12-16-34)19-28-51(45)68-59(56)63(65)55(52)57(54)64/h10-33H,1-9H3. The van der Waals surface area contributed by atoms with Gasteiger partial charge in [0.15, 0.2) is 0 Å². The van der Waals surface area contributed by atoms with E-state index in [0.717, 1.165) is 21.9 Å². The Hall–Kier alpha value is -6.60. The van der Waals surface area contributed by atoms with Crippen LogP contribution in [0.3, 0.4) is 0 Å². The first-order chi connectivity index (χ1) is 32.6. The van der Waals surface area contributed by atoms with Crippen molar-refractivity contribution < 1.29 is 4.42 Å². The van der Waals surface area contributed by atoms with Crippen LogP contribution in [0.25, 0.3) is 102 Å². The molecule has 0 bridgehead atoms. The van der Waals surface area contributed by atoms with Gasteiger partial charge >= 0.3 is 6.85 Å². The molecule has 0 aliphatic carbocycles. The zero-order valence-electron chi connectivity index (χ0n) is 40.1. The van der Waals surface area contributed by atoms with E-state index in [9.17, 15) is 0 Å². The summed E-state index contributed by atoms with van der Waals surface area (Å²) in [7, 11) is 0. The second-order valence-corrected chi connectivity index (χ2v) is 24.7. The van der Waals surface area contributed by atoms with Crippen molar-refractivity contribution in [3.63, 3.8) is 0 Å². The Morgan fingerprint density at radius 2 is 1.18 bits per heavy atom. The lowest BCUT2D eigenvalue weighted by molar-refractivity contribution is 0.587. The number of thiophene rings is 2. The highest BCUT2D eigenvalue weighted by molar-refractivity contribution is 7.32. The van der Waals surface area contributed by atoms with Crippen LogP contribution in [-0.4, -0.2) is 11.4 Å². The van der Waals surface area contributed by atoms with E-state index in [1.807, 2.05) is 22.7 Å². The maximum Gasteiger partial charge on any atom is 0.343 e. The van der Waals surface area contributed by atoms with Gasteiger partial charge in [0.25, 0.3) is 0 Å². The Labute approximate surface area is 405 Å². The Balaban J connectivity index is 1.21. The molecule has 14 rings (SSSR count). The molecule has 6 heteroatoms.